The number of hydrogen-bond donors (Lipinski definition) is 1. The maximum atomic E-state index is 10.8. The highest BCUT2D eigenvalue weighted by molar-refractivity contribution is 5.52. The zero-order valence-corrected chi connectivity index (χ0v) is 13.3. The van der Waals surface area contributed by atoms with Gasteiger partial charge in [-0.3, -0.25) is 10.1 Å². The maximum Gasteiger partial charge on any atom is 0.271 e. The molecule has 2 aromatic rings. The monoisotopic (exact) mass is 326 g/mol. The SMILES string of the molecule is C#CCOc1ccc(CNc2cccc([N+](=O)[O-])c2)cc1OCC. The van der Waals surface area contributed by atoms with Crippen molar-refractivity contribution in [2.75, 3.05) is 18.5 Å². The van der Waals surface area contributed by atoms with Crippen LogP contribution in [0.3, 0.4) is 0 Å². The van der Waals surface area contributed by atoms with Gasteiger partial charge in [0.05, 0.1) is 11.5 Å². The Morgan fingerprint density at radius 1 is 1.21 bits per heavy atom. The van der Waals surface area contributed by atoms with Gasteiger partial charge in [0.2, 0.25) is 0 Å². The third-order valence-corrected chi connectivity index (χ3v) is 3.17. The molecule has 0 aliphatic heterocycles. The molecule has 0 fully saturated rings. The number of hydrogen-bond acceptors (Lipinski definition) is 5. The first-order valence-corrected chi connectivity index (χ1v) is 7.44. The topological polar surface area (TPSA) is 73.6 Å². The fraction of sp³-hybridized carbons (Fsp3) is 0.222. The number of anilines is 1. The Morgan fingerprint density at radius 3 is 2.75 bits per heavy atom. The molecule has 0 saturated carbocycles. The molecule has 1 N–H and O–H groups in total. The van der Waals surface area contributed by atoms with Crippen LogP contribution in [0.15, 0.2) is 42.5 Å². The number of ether oxygens (including phenoxy) is 2. The molecule has 6 heteroatoms. The second-order valence-electron chi connectivity index (χ2n) is 4.87. The van der Waals surface area contributed by atoms with Gasteiger partial charge >= 0.3 is 0 Å². The molecule has 0 saturated heterocycles. The van der Waals surface area contributed by atoms with Crippen molar-refractivity contribution < 1.29 is 14.4 Å². The number of rotatable bonds is 8. The van der Waals surface area contributed by atoms with E-state index in [-0.39, 0.29) is 12.3 Å². The quantitative estimate of drug-likeness (QED) is 0.456. The minimum atomic E-state index is -0.421. The summed E-state index contributed by atoms with van der Waals surface area (Å²) in [5.74, 6) is 3.62. The first-order chi connectivity index (χ1) is 11.6. The lowest BCUT2D eigenvalue weighted by Gasteiger charge is -2.13. The van der Waals surface area contributed by atoms with Gasteiger partial charge in [-0.25, -0.2) is 0 Å². The minimum Gasteiger partial charge on any atom is -0.490 e. The van der Waals surface area contributed by atoms with E-state index >= 15 is 0 Å². The molecule has 24 heavy (non-hydrogen) atoms. The maximum absolute atomic E-state index is 10.8. The summed E-state index contributed by atoms with van der Waals surface area (Å²) in [4.78, 5) is 10.4. The second kappa shape index (κ2) is 8.44. The Morgan fingerprint density at radius 2 is 2.04 bits per heavy atom. The third-order valence-electron chi connectivity index (χ3n) is 3.17. The van der Waals surface area contributed by atoms with Crippen LogP contribution in [0.25, 0.3) is 0 Å². The van der Waals surface area contributed by atoms with Crippen LogP contribution < -0.4 is 14.8 Å². The van der Waals surface area contributed by atoms with Gasteiger partial charge in [-0.1, -0.05) is 18.1 Å². The first-order valence-electron chi connectivity index (χ1n) is 7.44. The summed E-state index contributed by atoms with van der Waals surface area (Å²) >= 11 is 0. The number of nitrogens with zero attached hydrogens (tertiary/aromatic N) is 1. The van der Waals surface area contributed by atoms with Crippen molar-refractivity contribution in [2.45, 2.75) is 13.5 Å². The molecule has 0 heterocycles. The normalized spacial score (nSPS) is 9.83. The summed E-state index contributed by atoms with van der Waals surface area (Å²) in [6.07, 6.45) is 5.20. The fourth-order valence-corrected chi connectivity index (χ4v) is 2.10. The van der Waals surface area contributed by atoms with Gasteiger partial charge in [0.25, 0.3) is 5.69 Å². The van der Waals surface area contributed by atoms with E-state index in [2.05, 4.69) is 11.2 Å². The highest BCUT2D eigenvalue weighted by atomic mass is 16.6. The molecular formula is C18H18N2O4. The number of non-ortho nitro benzene ring substituents is 1. The van der Waals surface area contributed by atoms with E-state index in [1.54, 1.807) is 18.2 Å². The van der Waals surface area contributed by atoms with Gasteiger partial charge in [0.1, 0.15) is 6.61 Å². The van der Waals surface area contributed by atoms with Crippen LogP contribution in [0.5, 0.6) is 11.5 Å². The molecule has 0 unspecified atom stereocenters. The van der Waals surface area contributed by atoms with Gasteiger partial charge in [-0.15, -0.1) is 6.42 Å². The largest absolute Gasteiger partial charge is 0.490 e. The van der Waals surface area contributed by atoms with E-state index in [1.165, 1.54) is 12.1 Å². The summed E-state index contributed by atoms with van der Waals surface area (Å²) in [5.41, 5.74) is 1.68. The smallest absolute Gasteiger partial charge is 0.271 e. The Kier molecular flexibility index (Phi) is 6.03. The van der Waals surface area contributed by atoms with Crippen LogP contribution in [0.4, 0.5) is 11.4 Å². The van der Waals surface area contributed by atoms with Crippen molar-refractivity contribution in [1.82, 2.24) is 0 Å². The molecule has 0 aliphatic rings. The van der Waals surface area contributed by atoms with Gasteiger partial charge < -0.3 is 14.8 Å². The number of nitro groups is 1. The summed E-state index contributed by atoms with van der Waals surface area (Å²) in [6.45, 7) is 3.06. The average molecular weight is 326 g/mol. The van der Waals surface area contributed by atoms with Crippen molar-refractivity contribution in [2.24, 2.45) is 0 Å². The lowest BCUT2D eigenvalue weighted by atomic mass is 10.2. The average Bonchev–Trinajstić information content (AvgIpc) is 2.59. The van der Waals surface area contributed by atoms with Crippen LogP contribution in [0, 0.1) is 22.5 Å². The Hall–Kier alpha value is -3.20. The molecule has 124 valence electrons. The molecule has 0 radical (unpaired) electrons. The minimum absolute atomic E-state index is 0.0491. The molecule has 0 amide bonds. The molecule has 0 aliphatic carbocycles. The van der Waals surface area contributed by atoms with Crippen molar-refractivity contribution >= 4 is 11.4 Å². The van der Waals surface area contributed by atoms with E-state index in [0.717, 1.165) is 5.56 Å². The molecular weight excluding hydrogens is 308 g/mol. The summed E-state index contributed by atoms with van der Waals surface area (Å²) in [5, 5.41) is 14.0. The van der Waals surface area contributed by atoms with Gasteiger partial charge in [-0.05, 0) is 30.7 Å². The molecule has 6 nitrogen and oxygen atoms in total. The van der Waals surface area contributed by atoms with E-state index < -0.39 is 4.92 Å². The summed E-state index contributed by atoms with van der Waals surface area (Å²) in [7, 11) is 0. The second-order valence-corrected chi connectivity index (χ2v) is 4.87. The Bertz CT molecular complexity index is 753. The van der Waals surface area contributed by atoms with E-state index in [9.17, 15) is 10.1 Å². The van der Waals surface area contributed by atoms with Crippen molar-refractivity contribution in [3.05, 3.63) is 58.1 Å². The first kappa shape index (κ1) is 17.2. The third kappa shape index (κ3) is 4.65. The van der Waals surface area contributed by atoms with Gasteiger partial charge in [0, 0.05) is 24.4 Å². The van der Waals surface area contributed by atoms with Gasteiger partial charge in [0.15, 0.2) is 11.5 Å². The zero-order chi connectivity index (χ0) is 17.4. The van der Waals surface area contributed by atoms with Crippen molar-refractivity contribution in [3.8, 4) is 23.8 Å². The molecule has 2 aromatic carbocycles. The molecule has 0 aromatic heterocycles. The number of benzene rings is 2. The van der Waals surface area contributed by atoms with Crippen LogP contribution in [-0.4, -0.2) is 18.1 Å². The highest BCUT2D eigenvalue weighted by Crippen LogP contribution is 2.29. The highest BCUT2D eigenvalue weighted by Gasteiger charge is 2.08. The van der Waals surface area contributed by atoms with E-state index in [0.29, 0.717) is 30.3 Å². The predicted molar refractivity (Wildman–Crippen MR) is 92.4 cm³/mol. The number of terminal acetylenes is 1. The summed E-state index contributed by atoms with van der Waals surface area (Å²) in [6, 6.07) is 11.9. The zero-order valence-electron chi connectivity index (χ0n) is 13.3. The predicted octanol–water partition coefficient (Wildman–Crippen LogP) is 3.62. The van der Waals surface area contributed by atoms with Crippen LogP contribution in [0.2, 0.25) is 0 Å². The van der Waals surface area contributed by atoms with Crippen LogP contribution in [0.1, 0.15) is 12.5 Å². The van der Waals surface area contributed by atoms with Crippen molar-refractivity contribution in [1.29, 1.82) is 0 Å². The molecule has 0 bridgehead atoms. The van der Waals surface area contributed by atoms with E-state index in [1.807, 2.05) is 19.1 Å². The fourth-order valence-electron chi connectivity index (χ4n) is 2.10. The Balaban J connectivity index is 2.09. The lowest BCUT2D eigenvalue weighted by molar-refractivity contribution is -0.384. The number of nitrogens with one attached hydrogen (secondary N) is 1. The lowest BCUT2D eigenvalue weighted by Crippen LogP contribution is -2.03. The molecule has 0 spiro atoms. The van der Waals surface area contributed by atoms with Crippen LogP contribution >= 0.6 is 0 Å². The summed E-state index contributed by atoms with van der Waals surface area (Å²) < 4.78 is 11.0. The Labute approximate surface area is 140 Å². The van der Waals surface area contributed by atoms with Crippen LogP contribution in [-0.2, 0) is 6.54 Å². The van der Waals surface area contributed by atoms with E-state index in [4.69, 9.17) is 15.9 Å². The van der Waals surface area contributed by atoms with Crippen molar-refractivity contribution in [3.63, 3.8) is 0 Å². The molecule has 2 rings (SSSR count). The standard InChI is InChI=1S/C18H18N2O4/c1-3-10-24-17-9-8-14(11-18(17)23-4-2)13-19-15-6-5-7-16(12-15)20(21)22/h1,5-9,11-12,19H,4,10,13H2,2H3. The van der Waals surface area contributed by atoms with Gasteiger partial charge in [-0.2, -0.15) is 0 Å². The molecule has 0 atom stereocenters. The number of nitro benzene ring substituents is 1.